The molecule has 0 saturated carbocycles. The van der Waals surface area contributed by atoms with Crippen molar-refractivity contribution in [3.05, 3.63) is 119 Å². The predicted octanol–water partition coefficient (Wildman–Crippen LogP) is 7.23. The first-order chi connectivity index (χ1) is 15.6. The third-order valence-electron chi connectivity index (χ3n) is 6.10. The second kappa shape index (κ2) is 11.5. The molecule has 1 heterocycles. The number of aryl methyl sites for hydroxylation is 2. The molecule has 4 rings (SSSR count). The van der Waals surface area contributed by atoms with E-state index in [1.165, 1.54) is 36.8 Å². The van der Waals surface area contributed by atoms with Gasteiger partial charge in [-0.15, -0.1) is 0 Å². The van der Waals surface area contributed by atoms with Crippen LogP contribution in [0, 0.1) is 0 Å². The maximum absolute atomic E-state index is 5.96. The maximum Gasteiger partial charge on any atom is 0.134 e. The first kappa shape index (κ1) is 23.5. The molecule has 2 N–H and O–H groups in total. The second-order valence-electron chi connectivity index (χ2n) is 8.45. The van der Waals surface area contributed by atoms with Gasteiger partial charge in [0.05, 0.1) is 5.84 Å². The third-order valence-corrected chi connectivity index (χ3v) is 6.10. The molecule has 0 saturated heterocycles. The van der Waals surface area contributed by atoms with Crippen molar-refractivity contribution in [3.63, 3.8) is 0 Å². The van der Waals surface area contributed by atoms with Crippen molar-refractivity contribution in [1.29, 1.82) is 0 Å². The van der Waals surface area contributed by atoms with Crippen LogP contribution < -0.4 is 5.73 Å². The number of nitrogens with zero attached hydrogens (tertiary/aromatic N) is 1. The Bertz CT molecular complexity index is 962. The van der Waals surface area contributed by atoms with Crippen molar-refractivity contribution in [2.24, 2.45) is 10.7 Å². The monoisotopic (exact) mass is 424 g/mol. The first-order valence-corrected chi connectivity index (χ1v) is 11.8. The number of hydrogen-bond donors (Lipinski definition) is 1. The van der Waals surface area contributed by atoms with Gasteiger partial charge in [-0.1, -0.05) is 118 Å². The summed E-state index contributed by atoms with van der Waals surface area (Å²) in [6, 6.07) is 29.5. The van der Waals surface area contributed by atoms with Gasteiger partial charge in [0.2, 0.25) is 0 Å². The smallest absolute Gasteiger partial charge is 0.134 e. The van der Waals surface area contributed by atoms with Crippen LogP contribution in [0.1, 0.15) is 61.8 Å². The van der Waals surface area contributed by atoms with Crippen molar-refractivity contribution in [1.82, 2.24) is 0 Å². The molecule has 0 fully saturated rings. The average molecular weight is 425 g/mol. The quantitative estimate of drug-likeness (QED) is 0.315. The van der Waals surface area contributed by atoms with E-state index in [0.29, 0.717) is 12.3 Å². The maximum atomic E-state index is 5.96. The van der Waals surface area contributed by atoms with Gasteiger partial charge in [0.15, 0.2) is 0 Å². The number of nitrogens with two attached hydrogens (primary N) is 1. The molecule has 3 aromatic rings. The van der Waals surface area contributed by atoms with Crippen molar-refractivity contribution < 1.29 is 0 Å². The van der Waals surface area contributed by atoms with E-state index in [1.807, 2.05) is 36.4 Å². The van der Waals surface area contributed by atoms with Gasteiger partial charge in [-0.25, -0.2) is 0 Å². The molecule has 0 bridgehead atoms. The molecule has 166 valence electrons. The fourth-order valence-corrected chi connectivity index (χ4v) is 4.26. The van der Waals surface area contributed by atoms with Crippen molar-refractivity contribution in [3.8, 4) is 0 Å². The summed E-state index contributed by atoms with van der Waals surface area (Å²) in [5, 5.41) is 0. The molecule has 0 radical (unpaired) electrons. The molecular formula is C30H36N2. The molecule has 0 spiro atoms. The van der Waals surface area contributed by atoms with Gasteiger partial charge in [-0.2, -0.15) is 0 Å². The van der Waals surface area contributed by atoms with E-state index in [4.69, 9.17) is 10.7 Å². The van der Waals surface area contributed by atoms with E-state index in [9.17, 15) is 0 Å². The minimum Gasteiger partial charge on any atom is -0.387 e. The van der Waals surface area contributed by atoms with Crippen LogP contribution in [-0.4, -0.2) is 5.84 Å². The Labute approximate surface area is 193 Å². The van der Waals surface area contributed by atoms with Crippen LogP contribution in [0.3, 0.4) is 0 Å². The second-order valence-corrected chi connectivity index (χ2v) is 8.45. The minimum absolute atomic E-state index is 0.521. The van der Waals surface area contributed by atoms with Crippen LogP contribution in [-0.2, 0) is 18.4 Å². The Morgan fingerprint density at radius 1 is 0.781 bits per heavy atom. The number of aliphatic imine (C=N–C) groups is 1. The number of rotatable bonds is 7. The highest BCUT2D eigenvalue weighted by molar-refractivity contribution is 5.88. The van der Waals surface area contributed by atoms with Crippen LogP contribution in [0.4, 0.5) is 0 Å². The topological polar surface area (TPSA) is 38.4 Å². The Morgan fingerprint density at radius 3 is 1.75 bits per heavy atom. The molecule has 32 heavy (non-hydrogen) atoms. The largest absolute Gasteiger partial charge is 0.387 e. The SMILES string of the molecule is C=C1CC(N)=NC1(c1ccccc1)c1ccccc1.CCCCCc1ccc(CC)cc1. The summed E-state index contributed by atoms with van der Waals surface area (Å²) in [6.45, 7) is 8.67. The first-order valence-electron chi connectivity index (χ1n) is 11.8. The van der Waals surface area contributed by atoms with Crippen molar-refractivity contribution in [2.75, 3.05) is 0 Å². The summed E-state index contributed by atoms with van der Waals surface area (Å²) in [6.07, 6.45) is 7.06. The van der Waals surface area contributed by atoms with Crippen molar-refractivity contribution >= 4 is 5.84 Å². The fourth-order valence-electron chi connectivity index (χ4n) is 4.26. The van der Waals surface area contributed by atoms with E-state index in [1.54, 1.807) is 0 Å². The van der Waals surface area contributed by atoms with E-state index in [-0.39, 0.29) is 0 Å². The Morgan fingerprint density at radius 2 is 1.31 bits per heavy atom. The zero-order valence-electron chi connectivity index (χ0n) is 19.6. The molecular weight excluding hydrogens is 388 g/mol. The number of unbranched alkanes of at least 4 members (excludes halogenated alkanes) is 2. The highest BCUT2D eigenvalue weighted by Crippen LogP contribution is 2.44. The van der Waals surface area contributed by atoms with Crippen LogP contribution in [0.2, 0.25) is 0 Å². The van der Waals surface area contributed by atoms with Crippen LogP contribution in [0.15, 0.2) is 102 Å². The highest BCUT2D eigenvalue weighted by Gasteiger charge is 2.40. The van der Waals surface area contributed by atoms with E-state index in [0.717, 1.165) is 23.1 Å². The van der Waals surface area contributed by atoms with Gasteiger partial charge in [0.25, 0.3) is 0 Å². The summed E-state index contributed by atoms with van der Waals surface area (Å²) in [7, 11) is 0. The number of benzene rings is 3. The van der Waals surface area contributed by atoms with Crippen LogP contribution >= 0.6 is 0 Å². The summed E-state index contributed by atoms with van der Waals surface area (Å²) in [5.41, 5.74) is 11.6. The normalized spacial score (nSPS) is 14.4. The van der Waals surface area contributed by atoms with Gasteiger partial charge < -0.3 is 5.73 Å². The molecule has 0 amide bonds. The lowest BCUT2D eigenvalue weighted by Crippen LogP contribution is -2.24. The van der Waals surface area contributed by atoms with Gasteiger partial charge in [-0.05, 0) is 47.1 Å². The summed E-state index contributed by atoms with van der Waals surface area (Å²) in [5.74, 6) is 0.651. The zero-order chi connectivity index (χ0) is 22.8. The van der Waals surface area contributed by atoms with Crippen LogP contribution in [0.5, 0.6) is 0 Å². The molecule has 0 unspecified atom stereocenters. The molecule has 1 aliphatic heterocycles. The van der Waals surface area contributed by atoms with E-state index < -0.39 is 5.54 Å². The lowest BCUT2D eigenvalue weighted by atomic mass is 9.78. The molecule has 0 atom stereocenters. The average Bonchev–Trinajstić information content (AvgIpc) is 3.16. The molecule has 3 aromatic carbocycles. The molecule has 0 aromatic heterocycles. The summed E-state index contributed by atoms with van der Waals surface area (Å²) < 4.78 is 0. The lowest BCUT2D eigenvalue weighted by Gasteiger charge is -2.29. The Hall–Kier alpha value is -3.13. The molecule has 2 nitrogen and oxygen atoms in total. The van der Waals surface area contributed by atoms with Crippen molar-refractivity contribution in [2.45, 2.75) is 57.9 Å². The summed E-state index contributed by atoms with van der Waals surface area (Å²) >= 11 is 0. The van der Waals surface area contributed by atoms with Gasteiger partial charge >= 0.3 is 0 Å². The summed E-state index contributed by atoms with van der Waals surface area (Å²) in [4.78, 5) is 4.74. The van der Waals surface area contributed by atoms with Gasteiger partial charge in [0.1, 0.15) is 5.54 Å². The molecule has 2 heteroatoms. The zero-order valence-corrected chi connectivity index (χ0v) is 19.6. The standard InChI is InChI=1S/C17H16N2.C13H20/c1-13-12-16(18)19-17(13,14-8-4-2-5-9-14)15-10-6-3-7-11-15;1-3-5-6-7-13-10-8-12(4-2)9-11-13/h2-11H,1,12H2,(H2,18,19);8-11H,3-7H2,1-2H3. The molecule has 1 aliphatic rings. The third kappa shape index (κ3) is 5.56. The van der Waals surface area contributed by atoms with Gasteiger partial charge in [0, 0.05) is 6.42 Å². The lowest BCUT2D eigenvalue weighted by molar-refractivity contribution is 0.662. The number of amidine groups is 1. The van der Waals surface area contributed by atoms with Gasteiger partial charge in [-0.3, -0.25) is 4.99 Å². The Balaban J connectivity index is 0.000000195. The number of hydrogen-bond acceptors (Lipinski definition) is 2. The minimum atomic E-state index is -0.521. The Kier molecular flexibility index (Phi) is 8.44. The van der Waals surface area contributed by atoms with Crippen LogP contribution in [0.25, 0.3) is 0 Å². The highest BCUT2D eigenvalue weighted by atomic mass is 15.0. The molecule has 0 aliphatic carbocycles. The van der Waals surface area contributed by atoms with E-state index >= 15 is 0 Å². The van der Waals surface area contributed by atoms with E-state index in [2.05, 4.69) is 69.0 Å². The predicted molar refractivity (Wildman–Crippen MR) is 138 cm³/mol. The fraction of sp³-hybridized carbons (Fsp3) is 0.300.